The highest BCUT2D eigenvalue weighted by Crippen LogP contribution is 1.89. The molecule has 1 aromatic rings. The SMILES string of the molecule is CC[C@@H](CO)NC(=O)Cn1ccc(=O)n(C)c1=O. The summed E-state index contributed by atoms with van der Waals surface area (Å²) in [4.78, 5) is 34.4. The van der Waals surface area contributed by atoms with Crippen LogP contribution >= 0.6 is 0 Å². The number of hydrogen-bond acceptors (Lipinski definition) is 4. The highest BCUT2D eigenvalue weighted by Gasteiger charge is 2.11. The van der Waals surface area contributed by atoms with Gasteiger partial charge in [-0.2, -0.15) is 0 Å². The number of amides is 1. The van der Waals surface area contributed by atoms with Crippen LogP contribution in [0.15, 0.2) is 21.9 Å². The van der Waals surface area contributed by atoms with E-state index in [-0.39, 0.29) is 25.1 Å². The summed E-state index contributed by atoms with van der Waals surface area (Å²) in [5.41, 5.74) is -0.965. The molecule has 7 heteroatoms. The van der Waals surface area contributed by atoms with Gasteiger partial charge in [0.05, 0.1) is 12.6 Å². The molecule has 18 heavy (non-hydrogen) atoms. The molecular formula is C11H17N3O4. The molecule has 100 valence electrons. The van der Waals surface area contributed by atoms with Crippen molar-refractivity contribution in [1.82, 2.24) is 14.5 Å². The second-order valence-electron chi connectivity index (χ2n) is 3.98. The molecule has 0 bridgehead atoms. The number of aliphatic hydroxyl groups is 1. The Labute approximate surface area is 104 Å². The van der Waals surface area contributed by atoms with Crippen molar-refractivity contribution in [2.75, 3.05) is 6.61 Å². The van der Waals surface area contributed by atoms with Crippen LogP contribution in [0.5, 0.6) is 0 Å². The minimum absolute atomic E-state index is 0.148. The number of aliphatic hydroxyl groups excluding tert-OH is 1. The van der Waals surface area contributed by atoms with Crippen molar-refractivity contribution in [2.24, 2.45) is 7.05 Å². The van der Waals surface area contributed by atoms with Crippen molar-refractivity contribution in [1.29, 1.82) is 0 Å². The molecule has 0 saturated carbocycles. The number of aromatic nitrogens is 2. The van der Waals surface area contributed by atoms with Crippen LogP contribution in [0.3, 0.4) is 0 Å². The third-order valence-electron chi connectivity index (χ3n) is 2.65. The Bertz CT molecular complexity index is 528. The lowest BCUT2D eigenvalue weighted by Gasteiger charge is -2.14. The molecule has 2 N–H and O–H groups in total. The molecule has 0 spiro atoms. The van der Waals surface area contributed by atoms with Gasteiger partial charge in [-0.05, 0) is 6.42 Å². The van der Waals surface area contributed by atoms with Crippen molar-refractivity contribution in [2.45, 2.75) is 25.9 Å². The lowest BCUT2D eigenvalue weighted by molar-refractivity contribution is -0.122. The molecule has 0 aliphatic rings. The van der Waals surface area contributed by atoms with Crippen LogP contribution < -0.4 is 16.6 Å². The Kier molecular flexibility index (Phi) is 4.85. The lowest BCUT2D eigenvalue weighted by Crippen LogP contribution is -2.43. The van der Waals surface area contributed by atoms with E-state index in [9.17, 15) is 14.4 Å². The van der Waals surface area contributed by atoms with E-state index >= 15 is 0 Å². The third kappa shape index (κ3) is 3.30. The smallest absolute Gasteiger partial charge is 0.331 e. The van der Waals surface area contributed by atoms with E-state index in [0.29, 0.717) is 6.42 Å². The normalized spacial score (nSPS) is 12.2. The first-order chi connectivity index (χ1) is 8.49. The van der Waals surface area contributed by atoms with E-state index in [4.69, 9.17) is 5.11 Å². The van der Waals surface area contributed by atoms with Crippen molar-refractivity contribution in [3.05, 3.63) is 33.1 Å². The van der Waals surface area contributed by atoms with Crippen LogP contribution in [0.1, 0.15) is 13.3 Å². The molecule has 1 heterocycles. The Morgan fingerprint density at radius 1 is 1.50 bits per heavy atom. The number of rotatable bonds is 5. The van der Waals surface area contributed by atoms with Gasteiger partial charge in [-0.1, -0.05) is 6.92 Å². The largest absolute Gasteiger partial charge is 0.394 e. The zero-order valence-corrected chi connectivity index (χ0v) is 10.4. The minimum Gasteiger partial charge on any atom is -0.394 e. The van der Waals surface area contributed by atoms with Gasteiger partial charge in [0.15, 0.2) is 0 Å². The van der Waals surface area contributed by atoms with E-state index in [1.165, 1.54) is 19.3 Å². The first-order valence-corrected chi connectivity index (χ1v) is 5.66. The topological polar surface area (TPSA) is 93.3 Å². The van der Waals surface area contributed by atoms with Gasteiger partial charge in [0.25, 0.3) is 5.56 Å². The number of hydrogen-bond donors (Lipinski definition) is 2. The minimum atomic E-state index is -0.547. The second-order valence-corrected chi connectivity index (χ2v) is 3.98. The molecule has 0 aliphatic heterocycles. The predicted octanol–water partition coefficient (Wildman–Crippen LogP) is -1.57. The molecule has 1 atom stereocenters. The zero-order valence-electron chi connectivity index (χ0n) is 10.4. The van der Waals surface area contributed by atoms with Gasteiger partial charge in [-0.3, -0.25) is 18.7 Å². The standard InChI is InChI=1S/C11H17N3O4/c1-3-8(7-15)12-9(16)6-14-5-4-10(17)13(2)11(14)18/h4-5,8,15H,3,6-7H2,1-2H3,(H,12,16)/t8-/m0/s1. The van der Waals surface area contributed by atoms with Crippen LogP contribution in [0.25, 0.3) is 0 Å². The van der Waals surface area contributed by atoms with Crippen LogP contribution in [0.2, 0.25) is 0 Å². The van der Waals surface area contributed by atoms with Gasteiger partial charge >= 0.3 is 5.69 Å². The van der Waals surface area contributed by atoms with E-state index in [0.717, 1.165) is 9.13 Å². The zero-order chi connectivity index (χ0) is 13.7. The summed E-state index contributed by atoms with van der Waals surface area (Å²) in [6.45, 7) is 1.51. The molecule has 0 aromatic carbocycles. The first-order valence-electron chi connectivity index (χ1n) is 5.66. The average molecular weight is 255 g/mol. The molecule has 0 radical (unpaired) electrons. The maximum Gasteiger partial charge on any atom is 0.331 e. The van der Waals surface area contributed by atoms with Gasteiger partial charge in [0.1, 0.15) is 6.54 Å². The van der Waals surface area contributed by atoms with Gasteiger partial charge in [-0.15, -0.1) is 0 Å². The fourth-order valence-corrected chi connectivity index (χ4v) is 1.44. The summed E-state index contributed by atoms with van der Waals surface area (Å²) in [5.74, 6) is -0.378. The summed E-state index contributed by atoms with van der Waals surface area (Å²) >= 11 is 0. The molecule has 1 aromatic heterocycles. The van der Waals surface area contributed by atoms with E-state index < -0.39 is 11.2 Å². The monoisotopic (exact) mass is 255 g/mol. The first kappa shape index (κ1) is 14.2. The van der Waals surface area contributed by atoms with Crippen LogP contribution in [0.4, 0.5) is 0 Å². The number of nitrogens with zero attached hydrogens (tertiary/aromatic N) is 2. The molecule has 1 amide bonds. The maximum absolute atomic E-state index is 11.6. The van der Waals surface area contributed by atoms with E-state index in [2.05, 4.69) is 5.32 Å². The molecule has 0 fully saturated rings. The van der Waals surface area contributed by atoms with Gasteiger partial charge in [-0.25, -0.2) is 4.79 Å². The fourth-order valence-electron chi connectivity index (χ4n) is 1.44. The Hall–Kier alpha value is -1.89. The molecule has 0 unspecified atom stereocenters. The highest BCUT2D eigenvalue weighted by atomic mass is 16.3. The molecule has 7 nitrogen and oxygen atoms in total. The quantitative estimate of drug-likeness (QED) is 0.665. The highest BCUT2D eigenvalue weighted by molar-refractivity contribution is 5.76. The second kappa shape index (κ2) is 6.15. The number of carbonyl (C=O) groups is 1. The van der Waals surface area contributed by atoms with Crippen LogP contribution in [-0.2, 0) is 18.4 Å². The number of nitrogens with one attached hydrogen (secondary N) is 1. The summed E-state index contributed by atoms with van der Waals surface area (Å²) in [6, 6.07) is 0.901. The maximum atomic E-state index is 11.6. The van der Waals surface area contributed by atoms with Gasteiger partial charge in [0, 0.05) is 19.3 Å². The summed E-state index contributed by atoms with van der Waals surface area (Å²) in [6.07, 6.45) is 1.88. The lowest BCUT2D eigenvalue weighted by atomic mass is 10.2. The summed E-state index contributed by atoms with van der Waals surface area (Å²) < 4.78 is 2.07. The Balaban J connectivity index is 2.80. The number of carbonyl (C=O) groups excluding carboxylic acids is 1. The van der Waals surface area contributed by atoms with E-state index in [1.54, 1.807) is 0 Å². The molecular weight excluding hydrogens is 238 g/mol. The van der Waals surface area contributed by atoms with Crippen molar-refractivity contribution in [3.63, 3.8) is 0 Å². The van der Waals surface area contributed by atoms with Crippen LogP contribution in [-0.4, -0.2) is 32.8 Å². The van der Waals surface area contributed by atoms with Crippen molar-refractivity contribution >= 4 is 5.91 Å². The Morgan fingerprint density at radius 2 is 2.17 bits per heavy atom. The van der Waals surface area contributed by atoms with Gasteiger partial charge in [0.2, 0.25) is 5.91 Å². The molecule has 0 saturated heterocycles. The average Bonchev–Trinajstić information content (AvgIpc) is 2.36. The summed E-state index contributed by atoms with van der Waals surface area (Å²) in [7, 11) is 1.35. The fraction of sp³-hybridized carbons (Fsp3) is 0.545. The van der Waals surface area contributed by atoms with Crippen LogP contribution in [0, 0.1) is 0 Å². The Morgan fingerprint density at radius 3 is 2.72 bits per heavy atom. The predicted molar refractivity (Wildman–Crippen MR) is 65.3 cm³/mol. The van der Waals surface area contributed by atoms with Crippen molar-refractivity contribution < 1.29 is 9.90 Å². The van der Waals surface area contributed by atoms with E-state index in [1.807, 2.05) is 6.92 Å². The van der Waals surface area contributed by atoms with Gasteiger partial charge < -0.3 is 10.4 Å². The molecule has 0 aliphatic carbocycles. The third-order valence-corrected chi connectivity index (χ3v) is 2.65. The molecule has 1 rings (SSSR count). The van der Waals surface area contributed by atoms with Crippen molar-refractivity contribution in [3.8, 4) is 0 Å². The summed E-state index contributed by atoms with van der Waals surface area (Å²) in [5, 5.41) is 11.5.